The Morgan fingerprint density at radius 1 is 0.733 bits per heavy atom. The van der Waals surface area contributed by atoms with Crippen LogP contribution in [0.3, 0.4) is 0 Å². The Morgan fingerprint density at radius 2 is 1.07 bits per heavy atom. The van der Waals surface area contributed by atoms with Crippen LogP contribution in [0.15, 0.2) is 48.5 Å². The fraction of sp³-hybridized carbons (Fsp3) is 0.250. The summed E-state index contributed by atoms with van der Waals surface area (Å²) in [6.07, 6.45) is 0. The molecule has 0 amide bonds. The predicted molar refractivity (Wildman–Crippen MR) is 142 cm³/mol. The van der Waals surface area contributed by atoms with Gasteiger partial charge >= 0.3 is 34.4 Å². The molecule has 168 valence electrons. The summed E-state index contributed by atoms with van der Waals surface area (Å²) in [4.78, 5) is 0. The number of benzene rings is 2. The summed E-state index contributed by atoms with van der Waals surface area (Å²) in [5.74, 6) is 0. The van der Waals surface area contributed by atoms with Crippen molar-refractivity contribution in [1.29, 1.82) is 0 Å². The summed E-state index contributed by atoms with van der Waals surface area (Å²) in [7, 11) is 0. The zero-order valence-corrected chi connectivity index (χ0v) is 27.7. The van der Waals surface area contributed by atoms with Gasteiger partial charge in [-0.25, -0.2) is 0 Å². The molecule has 0 aliphatic heterocycles. The summed E-state index contributed by atoms with van der Waals surface area (Å²) >= 11 is 48.2. The Hall–Kier alpha value is 2.69. The Labute approximate surface area is 250 Å². The summed E-state index contributed by atoms with van der Waals surface area (Å²) in [6, 6.07) is 14.2. The van der Waals surface area contributed by atoms with Gasteiger partial charge in [0, 0.05) is 18.2 Å². The average molecular weight is 706 g/mol. The molecule has 0 saturated carbocycles. The second-order valence-corrected chi connectivity index (χ2v) is 24.9. The number of ether oxygens (including phenoxy) is 1. The Balaban J connectivity index is -0.000000156. The first kappa shape index (κ1) is 39.9. The van der Waals surface area contributed by atoms with Crippen molar-refractivity contribution in [3.05, 3.63) is 64.6 Å². The van der Waals surface area contributed by atoms with Crippen LogP contribution in [0.5, 0.6) is 0 Å². The van der Waals surface area contributed by atoms with Crippen molar-refractivity contribution in [3.63, 3.8) is 0 Å². The molecule has 0 aliphatic carbocycles. The molecule has 0 bridgehead atoms. The fourth-order valence-corrected chi connectivity index (χ4v) is 3.14. The van der Waals surface area contributed by atoms with Gasteiger partial charge in [-0.1, -0.05) is 28.8 Å². The van der Waals surface area contributed by atoms with Crippen LogP contribution < -0.4 is 22.2 Å². The minimum atomic E-state index is -2.72. The molecule has 14 heteroatoms. The molecule has 0 aliphatic rings. The first-order chi connectivity index (χ1) is 12.8. The van der Waals surface area contributed by atoms with Crippen molar-refractivity contribution >= 4 is 140 Å². The zero-order chi connectivity index (χ0) is 22.2. The first-order valence-corrected chi connectivity index (χ1v) is 19.4. The Kier molecular flexibility index (Phi) is 31.2. The van der Waals surface area contributed by atoms with Crippen molar-refractivity contribution in [3.8, 4) is 0 Å². The monoisotopic (exact) mass is 700 g/mol. The van der Waals surface area contributed by atoms with Crippen LogP contribution in [-0.2, 0) is 4.74 Å². The second-order valence-electron chi connectivity index (χ2n) is 4.43. The molecule has 0 N–H and O–H groups in total. The number of halogens is 10. The Morgan fingerprint density at radius 3 is 1.27 bits per heavy atom. The third-order valence-corrected chi connectivity index (χ3v) is 5.71. The van der Waals surface area contributed by atoms with Crippen LogP contribution in [0.1, 0.15) is 13.8 Å². The molecule has 2 aromatic carbocycles. The van der Waals surface area contributed by atoms with Gasteiger partial charge in [-0.2, -0.15) is 30.3 Å². The van der Waals surface area contributed by atoms with Gasteiger partial charge in [-0.3, -0.25) is 0 Å². The van der Waals surface area contributed by atoms with Crippen LogP contribution in [-0.4, -0.2) is 47.6 Å². The number of rotatable bonds is 3. The van der Waals surface area contributed by atoms with Gasteiger partial charge in [0.2, 0.25) is 0 Å². The largest absolute Gasteiger partial charge is 2.00 e. The molecule has 1 nitrogen and oxygen atoms in total. The third-order valence-electron chi connectivity index (χ3n) is 2.26. The van der Waals surface area contributed by atoms with Crippen molar-refractivity contribution in [2.75, 3.05) is 13.2 Å². The predicted octanol–water partition coefficient (Wildman–Crippen LogP) is 5.39. The maximum atomic E-state index is 5.74. The van der Waals surface area contributed by atoms with Crippen molar-refractivity contribution in [2.24, 2.45) is 0 Å². The molecular formula is C16H18BrCl9MgOSi2. The summed E-state index contributed by atoms with van der Waals surface area (Å²) in [5.41, 5.74) is 0. The SMILES string of the molecule is CCOCC.Cl[Si](Cl)(Cl)Cl.Clc1cc[c-]cc1.Clc1ccc([Si](Cl)(Cl)Cl)cc1.[Br-].[Mg+2]. The fourth-order valence-electron chi connectivity index (χ4n) is 1.21. The van der Waals surface area contributed by atoms with Gasteiger partial charge < -0.3 is 21.7 Å². The van der Waals surface area contributed by atoms with Crippen molar-refractivity contribution < 1.29 is 21.7 Å². The van der Waals surface area contributed by atoms with Gasteiger partial charge in [-0.15, -0.1) is 89.2 Å². The quantitative estimate of drug-likeness (QED) is 0.237. The molecule has 2 aromatic rings. The van der Waals surface area contributed by atoms with E-state index in [9.17, 15) is 0 Å². The van der Waals surface area contributed by atoms with Crippen LogP contribution in [0.4, 0.5) is 0 Å². The van der Waals surface area contributed by atoms with Gasteiger partial charge in [0.25, 0.3) is 0 Å². The summed E-state index contributed by atoms with van der Waals surface area (Å²) < 4.78 is 4.83. The van der Waals surface area contributed by atoms with E-state index in [1.165, 1.54) is 0 Å². The van der Waals surface area contributed by atoms with E-state index in [1.807, 2.05) is 13.8 Å². The van der Waals surface area contributed by atoms with Gasteiger partial charge in [0.1, 0.15) is 0 Å². The molecule has 0 heterocycles. The molecule has 0 aromatic heterocycles. The normalized spacial score (nSPS) is 9.70. The molecule has 0 radical (unpaired) electrons. The van der Waals surface area contributed by atoms with E-state index < -0.39 is 11.3 Å². The minimum Gasteiger partial charge on any atom is -1.00 e. The molecule has 0 unspecified atom stereocenters. The third kappa shape index (κ3) is 32.9. The Bertz CT molecular complexity index is 607. The smallest absolute Gasteiger partial charge is 1.00 e. The molecular weight excluding hydrogens is 688 g/mol. The van der Waals surface area contributed by atoms with E-state index >= 15 is 0 Å². The van der Waals surface area contributed by atoms with E-state index in [2.05, 4.69) is 6.07 Å². The van der Waals surface area contributed by atoms with Gasteiger partial charge in [0.15, 0.2) is 0 Å². The average Bonchev–Trinajstić information content (AvgIpc) is 2.55. The number of hydrogen-bond acceptors (Lipinski definition) is 1. The topological polar surface area (TPSA) is 9.23 Å². The van der Waals surface area contributed by atoms with E-state index in [0.717, 1.165) is 23.4 Å². The van der Waals surface area contributed by atoms with Crippen molar-refractivity contribution in [1.82, 2.24) is 0 Å². The first-order valence-electron chi connectivity index (χ1n) is 7.59. The maximum Gasteiger partial charge on any atom is 2.00 e. The maximum absolute atomic E-state index is 5.74. The molecule has 0 spiro atoms. The van der Waals surface area contributed by atoms with E-state index in [-0.39, 0.29) is 40.0 Å². The summed E-state index contributed by atoms with van der Waals surface area (Å²) in [6.45, 7) is 5.67. The van der Waals surface area contributed by atoms with Crippen LogP contribution in [0, 0.1) is 6.07 Å². The van der Waals surface area contributed by atoms with Crippen LogP contribution in [0.25, 0.3) is 0 Å². The van der Waals surface area contributed by atoms with Crippen LogP contribution in [0.2, 0.25) is 10.0 Å². The molecule has 0 saturated heterocycles. The molecule has 2 rings (SSSR count). The van der Waals surface area contributed by atoms with Gasteiger partial charge in [-0.05, 0) is 31.2 Å². The zero-order valence-electron chi connectivity index (χ0n) is 15.9. The van der Waals surface area contributed by atoms with Crippen LogP contribution >= 0.6 is 101 Å². The van der Waals surface area contributed by atoms with E-state index in [1.54, 1.807) is 48.5 Å². The molecule has 30 heavy (non-hydrogen) atoms. The molecule has 0 fully saturated rings. The summed E-state index contributed by atoms with van der Waals surface area (Å²) in [5, 5.41) is -0.553. The minimum absolute atomic E-state index is 0. The van der Waals surface area contributed by atoms with E-state index in [4.69, 9.17) is 105 Å². The molecule has 0 atom stereocenters. The number of hydrogen-bond donors (Lipinski definition) is 0. The van der Waals surface area contributed by atoms with Gasteiger partial charge in [0.05, 0.1) is 0 Å². The second kappa shape index (κ2) is 23.4. The van der Waals surface area contributed by atoms with E-state index in [0.29, 0.717) is 5.02 Å². The standard InChI is InChI=1S/C6H4Cl4Si.C6H4Cl.C4H10O.BrH.Cl4Si.Mg/c7-5-1-3-6(4-2-5)11(8,9)10;7-6-4-2-1-3-5-6;1-3-5-4-2;;1-5(2,3)4;/h1-4H;2-5H;3-4H2,1-2H3;1H;;/q;-1;;;;+2/p-1. The van der Waals surface area contributed by atoms with Crippen molar-refractivity contribution in [2.45, 2.75) is 13.8 Å².